The van der Waals surface area contributed by atoms with Gasteiger partial charge in [0, 0.05) is 31.3 Å². The second-order valence-electron chi connectivity index (χ2n) is 8.26. The SMILES string of the molecule is NC(N)=NCCCC(N)C(=O)NC(Cc1ccccc1)C(=O)NCC(=O)NC(Cc1cnc[nH]1)C(=O)O. The molecule has 1 heterocycles. The van der Waals surface area contributed by atoms with Crippen molar-refractivity contribution in [3.63, 3.8) is 0 Å². The van der Waals surface area contributed by atoms with Crippen LogP contribution in [0.4, 0.5) is 0 Å². The van der Waals surface area contributed by atoms with E-state index in [1.807, 2.05) is 6.07 Å². The molecule has 0 radical (unpaired) electrons. The van der Waals surface area contributed by atoms with E-state index in [1.54, 1.807) is 24.3 Å². The molecule has 0 bridgehead atoms. The molecule has 0 saturated heterocycles. The molecule has 3 atom stereocenters. The number of aliphatic carboxylic acids is 1. The van der Waals surface area contributed by atoms with Crippen molar-refractivity contribution in [2.24, 2.45) is 22.2 Å². The molecule has 37 heavy (non-hydrogen) atoms. The number of aliphatic imine (C=N–C) groups is 1. The predicted molar refractivity (Wildman–Crippen MR) is 135 cm³/mol. The molecular weight excluding hydrogens is 482 g/mol. The molecule has 3 amide bonds. The Morgan fingerprint density at radius 3 is 2.38 bits per heavy atom. The fourth-order valence-corrected chi connectivity index (χ4v) is 3.34. The average Bonchev–Trinajstić information content (AvgIpc) is 3.37. The summed E-state index contributed by atoms with van der Waals surface area (Å²) in [6.07, 6.45) is 3.74. The van der Waals surface area contributed by atoms with E-state index in [0.29, 0.717) is 18.7 Å². The number of aromatic nitrogens is 2. The number of benzene rings is 1. The van der Waals surface area contributed by atoms with Crippen LogP contribution in [0.2, 0.25) is 0 Å². The fraction of sp³-hybridized carbons (Fsp3) is 0.391. The molecule has 11 N–H and O–H groups in total. The number of aromatic amines is 1. The smallest absolute Gasteiger partial charge is 0.326 e. The van der Waals surface area contributed by atoms with Crippen LogP contribution in [0.25, 0.3) is 0 Å². The van der Waals surface area contributed by atoms with Crippen LogP contribution < -0.4 is 33.2 Å². The highest BCUT2D eigenvalue weighted by Gasteiger charge is 2.26. The van der Waals surface area contributed by atoms with Gasteiger partial charge in [0.05, 0.1) is 18.9 Å². The number of nitrogens with zero attached hydrogens (tertiary/aromatic N) is 2. The van der Waals surface area contributed by atoms with E-state index in [-0.39, 0.29) is 25.2 Å². The molecule has 200 valence electrons. The number of carboxylic acid groups (broad SMARTS) is 1. The number of carboxylic acids is 1. The number of carbonyl (C=O) groups excluding carboxylic acids is 3. The summed E-state index contributed by atoms with van der Waals surface area (Å²) in [6, 6.07) is 5.84. The summed E-state index contributed by atoms with van der Waals surface area (Å²) in [6.45, 7) is -0.179. The first-order chi connectivity index (χ1) is 17.7. The van der Waals surface area contributed by atoms with Gasteiger partial charge in [-0.2, -0.15) is 0 Å². The highest BCUT2D eigenvalue weighted by molar-refractivity contribution is 5.92. The van der Waals surface area contributed by atoms with Crippen molar-refractivity contribution < 1.29 is 24.3 Å². The number of amides is 3. The van der Waals surface area contributed by atoms with Crippen LogP contribution in [0, 0.1) is 0 Å². The molecule has 3 unspecified atom stereocenters. The van der Waals surface area contributed by atoms with Gasteiger partial charge < -0.3 is 43.2 Å². The predicted octanol–water partition coefficient (Wildman–Crippen LogP) is -2.25. The number of imidazole rings is 1. The third-order valence-corrected chi connectivity index (χ3v) is 5.26. The van der Waals surface area contributed by atoms with Gasteiger partial charge in [-0.3, -0.25) is 19.4 Å². The summed E-state index contributed by atoms with van der Waals surface area (Å²) < 4.78 is 0. The molecule has 2 rings (SSSR count). The summed E-state index contributed by atoms with van der Waals surface area (Å²) in [4.78, 5) is 59.8. The Labute approximate surface area is 213 Å². The molecule has 0 aliphatic carbocycles. The van der Waals surface area contributed by atoms with Crippen LogP contribution in [0.5, 0.6) is 0 Å². The molecule has 0 aliphatic rings. The zero-order valence-electron chi connectivity index (χ0n) is 20.2. The third-order valence-electron chi connectivity index (χ3n) is 5.26. The zero-order chi connectivity index (χ0) is 27.2. The van der Waals surface area contributed by atoms with Crippen LogP contribution in [-0.2, 0) is 32.0 Å². The lowest BCUT2D eigenvalue weighted by atomic mass is 10.0. The lowest BCUT2D eigenvalue weighted by Crippen LogP contribution is -2.54. The van der Waals surface area contributed by atoms with Gasteiger partial charge in [0.2, 0.25) is 17.7 Å². The Balaban J connectivity index is 1.96. The van der Waals surface area contributed by atoms with Crippen molar-refractivity contribution in [1.82, 2.24) is 25.9 Å². The van der Waals surface area contributed by atoms with Crippen molar-refractivity contribution in [3.8, 4) is 0 Å². The van der Waals surface area contributed by atoms with Crippen LogP contribution in [0.3, 0.4) is 0 Å². The van der Waals surface area contributed by atoms with Crippen molar-refractivity contribution in [1.29, 1.82) is 0 Å². The minimum atomic E-state index is -1.24. The van der Waals surface area contributed by atoms with Gasteiger partial charge in [0.15, 0.2) is 5.96 Å². The van der Waals surface area contributed by atoms with E-state index in [0.717, 1.165) is 5.56 Å². The summed E-state index contributed by atoms with van der Waals surface area (Å²) in [7, 11) is 0. The molecule has 14 nitrogen and oxygen atoms in total. The molecule has 2 aromatic rings. The van der Waals surface area contributed by atoms with E-state index < -0.39 is 48.4 Å². The molecule has 14 heteroatoms. The van der Waals surface area contributed by atoms with Gasteiger partial charge in [-0.25, -0.2) is 9.78 Å². The Hall–Kier alpha value is -4.46. The lowest BCUT2D eigenvalue weighted by Gasteiger charge is -2.21. The first kappa shape index (κ1) is 28.8. The average molecular weight is 516 g/mol. The first-order valence-corrected chi connectivity index (χ1v) is 11.6. The van der Waals surface area contributed by atoms with Gasteiger partial charge in [0.1, 0.15) is 12.1 Å². The number of guanidine groups is 1. The quantitative estimate of drug-likeness (QED) is 0.0724. The largest absolute Gasteiger partial charge is 0.480 e. The van der Waals surface area contributed by atoms with Gasteiger partial charge in [0.25, 0.3) is 0 Å². The minimum absolute atomic E-state index is 0.0111. The summed E-state index contributed by atoms with van der Waals surface area (Å²) in [5.74, 6) is -3.17. The summed E-state index contributed by atoms with van der Waals surface area (Å²) in [5.41, 5.74) is 17.8. The molecule has 1 aromatic carbocycles. The Morgan fingerprint density at radius 2 is 1.76 bits per heavy atom. The van der Waals surface area contributed by atoms with Crippen molar-refractivity contribution >= 4 is 29.7 Å². The summed E-state index contributed by atoms with van der Waals surface area (Å²) >= 11 is 0. The lowest BCUT2D eigenvalue weighted by molar-refractivity contribution is -0.141. The Morgan fingerprint density at radius 1 is 1.03 bits per heavy atom. The molecule has 0 spiro atoms. The maximum atomic E-state index is 12.9. The summed E-state index contributed by atoms with van der Waals surface area (Å²) in [5, 5.41) is 16.8. The molecule has 0 fully saturated rings. The van der Waals surface area contributed by atoms with E-state index in [1.165, 1.54) is 12.5 Å². The van der Waals surface area contributed by atoms with E-state index in [9.17, 15) is 24.3 Å². The van der Waals surface area contributed by atoms with E-state index in [2.05, 4.69) is 30.9 Å². The van der Waals surface area contributed by atoms with Gasteiger partial charge >= 0.3 is 5.97 Å². The second-order valence-corrected chi connectivity index (χ2v) is 8.26. The standard InChI is InChI=1S/C23H33N9O5/c24-16(7-4-8-28-23(25)26)20(34)32-17(9-14-5-2-1-3-6-14)21(35)29-12-19(33)31-18(22(36)37)10-15-11-27-13-30-15/h1-3,5-6,11,13,16-18H,4,7-10,12,24H2,(H,27,30)(H,29,35)(H,31,33)(H,32,34)(H,36,37)(H4,25,26,28). The number of hydrogen-bond acceptors (Lipinski definition) is 7. The molecule has 0 aliphatic heterocycles. The highest BCUT2D eigenvalue weighted by atomic mass is 16.4. The van der Waals surface area contributed by atoms with Crippen LogP contribution in [0.1, 0.15) is 24.1 Å². The van der Waals surface area contributed by atoms with E-state index >= 15 is 0 Å². The second kappa shape index (κ2) is 14.8. The van der Waals surface area contributed by atoms with Crippen molar-refractivity contribution in [3.05, 3.63) is 54.1 Å². The van der Waals surface area contributed by atoms with Crippen LogP contribution in [0.15, 0.2) is 47.8 Å². The Bertz CT molecular complexity index is 1060. The normalized spacial score (nSPS) is 13.0. The molecule has 0 saturated carbocycles. The number of rotatable bonds is 15. The van der Waals surface area contributed by atoms with Crippen molar-refractivity contribution in [2.45, 2.75) is 43.8 Å². The number of carbonyl (C=O) groups is 4. The number of hydrogen-bond donors (Lipinski definition) is 8. The van der Waals surface area contributed by atoms with Crippen LogP contribution >= 0.6 is 0 Å². The minimum Gasteiger partial charge on any atom is -0.480 e. The zero-order valence-corrected chi connectivity index (χ0v) is 20.2. The topological polar surface area (TPSA) is 244 Å². The van der Waals surface area contributed by atoms with Gasteiger partial charge in [-0.1, -0.05) is 30.3 Å². The maximum Gasteiger partial charge on any atom is 0.326 e. The monoisotopic (exact) mass is 515 g/mol. The molecular formula is C23H33N9O5. The van der Waals surface area contributed by atoms with E-state index in [4.69, 9.17) is 17.2 Å². The molecule has 1 aromatic heterocycles. The highest BCUT2D eigenvalue weighted by Crippen LogP contribution is 2.05. The number of nitrogens with two attached hydrogens (primary N) is 3. The third kappa shape index (κ3) is 10.8. The Kier molecular flexibility index (Phi) is 11.5. The first-order valence-electron chi connectivity index (χ1n) is 11.6. The number of nitrogens with one attached hydrogen (secondary N) is 4. The fourth-order valence-electron chi connectivity index (χ4n) is 3.34. The maximum absolute atomic E-state index is 12.9. The van der Waals surface area contributed by atoms with Crippen molar-refractivity contribution in [2.75, 3.05) is 13.1 Å². The van der Waals surface area contributed by atoms with Gasteiger partial charge in [-0.15, -0.1) is 0 Å². The van der Waals surface area contributed by atoms with Crippen LogP contribution in [-0.4, -0.2) is 75.9 Å². The van der Waals surface area contributed by atoms with Gasteiger partial charge in [-0.05, 0) is 18.4 Å². The number of H-pyrrole nitrogens is 1.